The van der Waals surface area contributed by atoms with Crippen LogP contribution in [0.5, 0.6) is 0 Å². The molecule has 0 radical (unpaired) electrons. The lowest BCUT2D eigenvalue weighted by atomic mass is 9.69. The van der Waals surface area contributed by atoms with Crippen molar-refractivity contribution in [3.05, 3.63) is 33.4 Å². The van der Waals surface area contributed by atoms with E-state index < -0.39 is 12.1 Å². The molecule has 0 bridgehead atoms. The van der Waals surface area contributed by atoms with Crippen molar-refractivity contribution in [1.29, 1.82) is 0 Å². The van der Waals surface area contributed by atoms with E-state index in [4.69, 9.17) is 0 Å². The molecule has 1 N–H and O–H groups in total. The summed E-state index contributed by atoms with van der Waals surface area (Å²) in [6.07, 6.45) is 6.45. The van der Waals surface area contributed by atoms with Crippen LogP contribution in [0.15, 0.2) is 23.3 Å². The third-order valence-corrected chi connectivity index (χ3v) is 4.72. The van der Waals surface area contributed by atoms with Gasteiger partial charge in [-0.05, 0) is 51.0 Å². The van der Waals surface area contributed by atoms with Crippen LogP contribution in [-0.4, -0.2) is 28.0 Å². The molecular formula is C16H23NO4. The Morgan fingerprint density at radius 1 is 1.52 bits per heavy atom. The summed E-state index contributed by atoms with van der Waals surface area (Å²) in [5.74, 6) is 0.191. The van der Waals surface area contributed by atoms with Crippen LogP contribution in [0.25, 0.3) is 0 Å². The van der Waals surface area contributed by atoms with Crippen LogP contribution >= 0.6 is 0 Å². The van der Waals surface area contributed by atoms with Gasteiger partial charge < -0.3 is 5.11 Å². The molecular weight excluding hydrogens is 270 g/mol. The summed E-state index contributed by atoms with van der Waals surface area (Å²) in [4.78, 5) is 22.9. The van der Waals surface area contributed by atoms with Gasteiger partial charge in [0.2, 0.25) is 6.04 Å². The molecule has 4 atom stereocenters. The van der Waals surface area contributed by atoms with E-state index in [0.29, 0.717) is 25.7 Å². The Morgan fingerprint density at radius 3 is 2.81 bits per heavy atom. The third kappa shape index (κ3) is 3.59. The number of aliphatic hydroxyl groups is 1. The average molecular weight is 293 g/mol. The summed E-state index contributed by atoms with van der Waals surface area (Å²) < 4.78 is 0. The van der Waals surface area contributed by atoms with Crippen LogP contribution < -0.4 is 0 Å². The first-order chi connectivity index (χ1) is 9.90. The summed E-state index contributed by atoms with van der Waals surface area (Å²) in [6.45, 7) is 3.34. The van der Waals surface area contributed by atoms with E-state index in [1.54, 1.807) is 13.8 Å². The normalized spacial score (nSPS) is 30.0. The van der Waals surface area contributed by atoms with Gasteiger partial charge in [0.1, 0.15) is 5.78 Å². The molecule has 2 rings (SSSR count). The number of hydrogen-bond donors (Lipinski definition) is 1. The molecule has 0 amide bonds. The summed E-state index contributed by atoms with van der Waals surface area (Å²) in [7, 11) is 0. The van der Waals surface area contributed by atoms with Crippen molar-refractivity contribution < 1.29 is 14.8 Å². The molecule has 0 fully saturated rings. The second-order valence-corrected chi connectivity index (χ2v) is 6.30. The van der Waals surface area contributed by atoms with Crippen LogP contribution in [0.3, 0.4) is 0 Å². The zero-order valence-corrected chi connectivity index (χ0v) is 12.6. The number of Topliss-reactive ketones (excluding diaryl/α,β-unsaturated/α-hetero) is 1. The second kappa shape index (κ2) is 6.52. The van der Waals surface area contributed by atoms with Gasteiger partial charge in [0, 0.05) is 22.8 Å². The van der Waals surface area contributed by atoms with Crippen LogP contribution in [0.4, 0.5) is 0 Å². The van der Waals surface area contributed by atoms with E-state index in [1.165, 1.54) is 0 Å². The van der Waals surface area contributed by atoms with Gasteiger partial charge in [-0.2, -0.15) is 0 Å². The van der Waals surface area contributed by atoms with Crippen molar-refractivity contribution in [3.8, 4) is 0 Å². The average Bonchev–Trinajstić information content (AvgIpc) is 2.42. The van der Waals surface area contributed by atoms with Crippen LogP contribution in [0.2, 0.25) is 0 Å². The highest BCUT2D eigenvalue weighted by molar-refractivity contribution is 5.79. The van der Waals surface area contributed by atoms with Crippen molar-refractivity contribution >= 4 is 5.78 Å². The Kier molecular flexibility index (Phi) is 4.93. The molecule has 5 nitrogen and oxygen atoms in total. The highest BCUT2D eigenvalue weighted by atomic mass is 16.6. The van der Waals surface area contributed by atoms with Gasteiger partial charge in [0.05, 0.1) is 6.10 Å². The molecule has 0 aromatic heterocycles. The van der Waals surface area contributed by atoms with Crippen LogP contribution in [0.1, 0.15) is 46.0 Å². The Hall–Kier alpha value is -1.49. The van der Waals surface area contributed by atoms with Gasteiger partial charge in [0.15, 0.2) is 0 Å². The minimum Gasteiger partial charge on any atom is -0.393 e. The van der Waals surface area contributed by atoms with Crippen LogP contribution in [0, 0.1) is 22.0 Å². The molecule has 5 heteroatoms. The van der Waals surface area contributed by atoms with Gasteiger partial charge in [0.25, 0.3) is 0 Å². The number of carbonyl (C=O) groups is 1. The number of ketones is 1. The van der Waals surface area contributed by atoms with E-state index >= 15 is 0 Å². The van der Waals surface area contributed by atoms with E-state index in [9.17, 15) is 20.0 Å². The molecule has 0 aromatic rings. The molecule has 0 aliphatic heterocycles. The molecule has 0 aromatic carbocycles. The maximum Gasteiger partial charge on any atom is 0.238 e. The van der Waals surface area contributed by atoms with Crippen LogP contribution in [-0.2, 0) is 4.79 Å². The zero-order valence-electron chi connectivity index (χ0n) is 12.6. The SMILES string of the molecule is CC(=O)C1CC2=C(CC1CCC(C)O)C([N+](=O)[O-])CC=C2. The Labute approximate surface area is 124 Å². The minimum absolute atomic E-state index is 0.0716. The third-order valence-electron chi connectivity index (χ3n) is 4.72. The monoisotopic (exact) mass is 293 g/mol. The Morgan fingerprint density at radius 2 is 2.24 bits per heavy atom. The van der Waals surface area contributed by atoms with Gasteiger partial charge in [-0.1, -0.05) is 12.2 Å². The van der Waals surface area contributed by atoms with E-state index in [0.717, 1.165) is 17.6 Å². The topological polar surface area (TPSA) is 80.4 Å². The molecule has 2 aliphatic carbocycles. The quantitative estimate of drug-likeness (QED) is 0.624. The van der Waals surface area contributed by atoms with Gasteiger partial charge in [-0.15, -0.1) is 0 Å². The minimum atomic E-state index is -0.632. The van der Waals surface area contributed by atoms with Crippen molar-refractivity contribution in [2.24, 2.45) is 11.8 Å². The van der Waals surface area contributed by atoms with Crippen molar-refractivity contribution in [2.75, 3.05) is 0 Å². The number of carbonyl (C=O) groups excluding carboxylic acids is 1. The highest BCUT2D eigenvalue weighted by Crippen LogP contribution is 2.42. The summed E-state index contributed by atoms with van der Waals surface area (Å²) >= 11 is 0. The lowest BCUT2D eigenvalue weighted by Gasteiger charge is -2.35. The van der Waals surface area contributed by atoms with E-state index in [2.05, 4.69) is 0 Å². The highest BCUT2D eigenvalue weighted by Gasteiger charge is 2.39. The van der Waals surface area contributed by atoms with E-state index in [1.807, 2.05) is 12.2 Å². The molecule has 116 valence electrons. The molecule has 0 spiro atoms. The molecule has 4 unspecified atom stereocenters. The number of allylic oxidation sites excluding steroid dienone is 2. The number of aliphatic hydroxyl groups excluding tert-OH is 1. The van der Waals surface area contributed by atoms with Gasteiger partial charge in [-0.3, -0.25) is 14.9 Å². The predicted octanol–water partition coefficient (Wildman–Crippen LogP) is 2.66. The maximum atomic E-state index is 11.9. The second-order valence-electron chi connectivity index (χ2n) is 6.30. The standard InChI is InChI=1S/C16H23NO4/c1-10(18)6-7-13-9-15-12(8-14(13)11(2)19)4-3-5-16(15)17(20)21/h3-4,10,13-14,16,18H,5-9H2,1-2H3. The first-order valence-corrected chi connectivity index (χ1v) is 7.60. The van der Waals surface area contributed by atoms with Crippen molar-refractivity contribution in [1.82, 2.24) is 0 Å². The lowest BCUT2D eigenvalue weighted by Crippen LogP contribution is -2.34. The molecule has 0 saturated heterocycles. The lowest BCUT2D eigenvalue weighted by molar-refractivity contribution is -0.512. The van der Waals surface area contributed by atoms with Gasteiger partial charge in [-0.25, -0.2) is 0 Å². The number of nitrogens with zero attached hydrogens (tertiary/aromatic N) is 1. The number of rotatable bonds is 5. The molecule has 0 heterocycles. The molecule has 0 saturated carbocycles. The first-order valence-electron chi connectivity index (χ1n) is 7.60. The zero-order chi connectivity index (χ0) is 15.6. The maximum absolute atomic E-state index is 11.9. The predicted molar refractivity (Wildman–Crippen MR) is 79.4 cm³/mol. The van der Waals surface area contributed by atoms with Crippen molar-refractivity contribution in [3.63, 3.8) is 0 Å². The fourth-order valence-corrected chi connectivity index (χ4v) is 3.54. The first kappa shape index (κ1) is 15.9. The number of hydrogen-bond acceptors (Lipinski definition) is 4. The molecule has 21 heavy (non-hydrogen) atoms. The largest absolute Gasteiger partial charge is 0.393 e. The molecule has 2 aliphatic rings. The summed E-state index contributed by atoms with van der Waals surface area (Å²) in [5, 5.41) is 20.7. The fraction of sp³-hybridized carbons (Fsp3) is 0.688. The Balaban J connectivity index is 2.23. The van der Waals surface area contributed by atoms with Crippen molar-refractivity contribution in [2.45, 2.75) is 58.1 Å². The number of nitro groups is 1. The fourth-order valence-electron chi connectivity index (χ4n) is 3.54. The van der Waals surface area contributed by atoms with Gasteiger partial charge >= 0.3 is 0 Å². The summed E-state index contributed by atoms with van der Waals surface area (Å²) in [5.41, 5.74) is 1.88. The Bertz CT molecular complexity index is 493. The summed E-state index contributed by atoms with van der Waals surface area (Å²) in [6, 6.07) is -0.632. The van der Waals surface area contributed by atoms with E-state index in [-0.39, 0.29) is 22.5 Å². The smallest absolute Gasteiger partial charge is 0.238 e.